The second-order valence-corrected chi connectivity index (χ2v) is 4.15. The number of aliphatic hydroxyl groups is 1. The van der Waals surface area contributed by atoms with Gasteiger partial charge < -0.3 is 14.6 Å². The van der Waals surface area contributed by atoms with Gasteiger partial charge in [-0.15, -0.1) is 0 Å². The van der Waals surface area contributed by atoms with Crippen LogP contribution < -0.4 is 5.63 Å². The van der Waals surface area contributed by atoms with E-state index in [2.05, 4.69) is 0 Å². The topological polar surface area (TPSA) is 87.7 Å². The molecule has 2 N–H and O–H groups in total. The average Bonchev–Trinajstić information content (AvgIpc) is 2.38. The largest absolute Gasteiger partial charge is 0.478 e. The average molecular weight is 260 g/mol. The minimum absolute atomic E-state index is 0.0463. The Hall–Kier alpha value is -2.40. The molecule has 2 rings (SSSR count). The first kappa shape index (κ1) is 13.0. The minimum atomic E-state index is -1.09. The van der Waals surface area contributed by atoms with Crippen LogP contribution in [0.4, 0.5) is 0 Å². The Morgan fingerprint density at radius 1 is 1.37 bits per heavy atom. The number of benzene rings is 1. The molecule has 98 valence electrons. The molecule has 0 bridgehead atoms. The molecule has 0 fully saturated rings. The van der Waals surface area contributed by atoms with Gasteiger partial charge in [-0.25, -0.2) is 9.59 Å². The third kappa shape index (κ3) is 2.71. The zero-order valence-corrected chi connectivity index (χ0v) is 10.2. The molecule has 1 heterocycles. The van der Waals surface area contributed by atoms with E-state index in [0.717, 1.165) is 0 Å². The van der Waals surface area contributed by atoms with Crippen molar-refractivity contribution in [1.82, 2.24) is 0 Å². The number of rotatable bonds is 3. The van der Waals surface area contributed by atoms with Crippen molar-refractivity contribution in [2.24, 2.45) is 0 Å². The maximum atomic E-state index is 11.7. The number of aliphatic carboxylic acids is 1. The zero-order valence-electron chi connectivity index (χ0n) is 10.2. The summed E-state index contributed by atoms with van der Waals surface area (Å²) in [5, 5.41) is 18.5. The first-order valence-electron chi connectivity index (χ1n) is 5.60. The van der Waals surface area contributed by atoms with Gasteiger partial charge in [-0.05, 0) is 36.8 Å². The number of aliphatic hydroxyl groups excluding tert-OH is 1. The molecule has 0 aliphatic heterocycles. The van der Waals surface area contributed by atoms with E-state index >= 15 is 0 Å². The van der Waals surface area contributed by atoms with E-state index < -0.39 is 11.6 Å². The molecule has 0 amide bonds. The number of fused-ring (bicyclic) bond motifs is 1. The Bertz CT molecular complexity index is 724. The normalized spacial score (nSPS) is 11.8. The fourth-order valence-corrected chi connectivity index (χ4v) is 1.68. The van der Waals surface area contributed by atoms with Crippen LogP contribution in [0, 0.1) is 0 Å². The SMILES string of the molecule is CC(=Cc1cc2cc(CO)ccc2oc1=O)C(=O)O. The highest BCUT2D eigenvalue weighted by molar-refractivity contribution is 5.92. The van der Waals surface area contributed by atoms with Crippen LogP contribution >= 0.6 is 0 Å². The molecule has 0 atom stereocenters. The molecule has 0 saturated heterocycles. The lowest BCUT2D eigenvalue weighted by molar-refractivity contribution is -0.132. The molecule has 0 unspecified atom stereocenters. The fourth-order valence-electron chi connectivity index (χ4n) is 1.68. The van der Waals surface area contributed by atoms with Crippen LogP contribution in [0.1, 0.15) is 18.1 Å². The molecule has 0 spiro atoms. The van der Waals surface area contributed by atoms with Crippen LogP contribution in [-0.2, 0) is 11.4 Å². The molecule has 19 heavy (non-hydrogen) atoms. The van der Waals surface area contributed by atoms with E-state index in [9.17, 15) is 9.59 Å². The molecular formula is C14H12O5. The quantitative estimate of drug-likeness (QED) is 0.648. The highest BCUT2D eigenvalue weighted by Gasteiger charge is 2.07. The Labute approximate surface area is 108 Å². The summed E-state index contributed by atoms with van der Waals surface area (Å²) in [6.45, 7) is 1.28. The van der Waals surface area contributed by atoms with Gasteiger partial charge in [0.15, 0.2) is 0 Å². The number of carboxylic acid groups (broad SMARTS) is 1. The van der Waals surface area contributed by atoms with Gasteiger partial charge in [-0.3, -0.25) is 0 Å². The van der Waals surface area contributed by atoms with Crippen molar-refractivity contribution in [3.63, 3.8) is 0 Å². The van der Waals surface area contributed by atoms with Crippen LogP contribution in [0.3, 0.4) is 0 Å². The summed E-state index contributed by atoms with van der Waals surface area (Å²) >= 11 is 0. The van der Waals surface area contributed by atoms with Gasteiger partial charge in [-0.2, -0.15) is 0 Å². The smallest absolute Gasteiger partial charge is 0.343 e. The van der Waals surface area contributed by atoms with E-state index in [1.807, 2.05) is 0 Å². The summed E-state index contributed by atoms with van der Waals surface area (Å²) < 4.78 is 5.10. The van der Waals surface area contributed by atoms with Crippen molar-refractivity contribution >= 4 is 23.0 Å². The van der Waals surface area contributed by atoms with E-state index in [0.29, 0.717) is 16.5 Å². The third-order valence-electron chi connectivity index (χ3n) is 2.72. The van der Waals surface area contributed by atoms with E-state index in [1.54, 1.807) is 24.3 Å². The maximum Gasteiger partial charge on any atom is 0.343 e. The molecule has 0 radical (unpaired) electrons. The fraction of sp³-hybridized carbons (Fsp3) is 0.143. The van der Waals surface area contributed by atoms with Crippen molar-refractivity contribution in [2.75, 3.05) is 0 Å². The number of hydrogen-bond acceptors (Lipinski definition) is 4. The highest BCUT2D eigenvalue weighted by Crippen LogP contribution is 2.17. The summed E-state index contributed by atoms with van der Waals surface area (Å²) in [6, 6.07) is 6.49. The summed E-state index contributed by atoms with van der Waals surface area (Å²) in [4.78, 5) is 22.4. The highest BCUT2D eigenvalue weighted by atomic mass is 16.4. The molecule has 0 aliphatic carbocycles. The molecule has 1 aromatic carbocycles. The molecule has 5 nitrogen and oxygen atoms in total. The molecule has 5 heteroatoms. The van der Waals surface area contributed by atoms with Gasteiger partial charge in [0.2, 0.25) is 0 Å². The summed E-state index contributed by atoms with van der Waals surface area (Å²) in [5.41, 5.74) is 0.705. The summed E-state index contributed by atoms with van der Waals surface area (Å²) in [5.74, 6) is -1.09. The number of carboxylic acids is 1. The van der Waals surface area contributed by atoms with Crippen molar-refractivity contribution in [3.8, 4) is 0 Å². The van der Waals surface area contributed by atoms with Crippen molar-refractivity contribution in [1.29, 1.82) is 0 Å². The van der Waals surface area contributed by atoms with E-state index in [1.165, 1.54) is 13.0 Å². The Morgan fingerprint density at radius 3 is 2.74 bits per heavy atom. The van der Waals surface area contributed by atoms with E-state index in [-0.39, 0.29) is 17.7 Å². The van der Waals surface area contributed by atoms with Gasteiger partial charge >= 0.3 is 11.6 Å². The monoisotopic (exact) mass is 260 g/mol. The van der Waals surface area contributed by atoms with Gasteiger partial charge in [0, 0.05) is 11.0 Å². The van der Waals surface area contributed by atoms with Gasteiger partial charge in [0.25, 0.3) is 0 Å². The van der Waals surface area contributed by atoms with Crippen molar-refractivity contribution in [3.05, 3.63) is 51.4 Å². The van der Waals surface area contributed by atoms with Crippen LogP contribution in [0.5, 0.6) is 0 Å². The molecule has 1 aromatic heterocycles. The van der Waals surface area contributed by atoms with Crippen molar-refractivity contribution in [2.45, 2.75) is 13.5 Å². The Morgan fingerprint density at radius 2 is 2.11 bits per heavy atom. The minimum Gasteiger partial charge on any atom is -0.478 e. The standard InChI is InChI=1S/C14H12O5/c1-8(13(16)17)4-11-6-10-5-9(7-15)2-3-12(10)19-14(11)18/h2-6,15H,7H2,1H3,(H,16,17). The number of hydrogen-bond donors (Lipinski definition) is 2. The molecular weight excluding hydrogens is 248 g/mol. The summed E-state index contributed by atoms with van der Waals surface area (Å²) in [7, 11) is 0. The molecule has 0 aliphatic rings. The second kappa shape index (κ2) is 5.07. The van der Waals surface area contributed by atoms with Crippen molar-refractivity contribution < 1.29 is 19.4 Å². The third-order valence-corrected chi connectivity index (χ3v) is 2.72. The Kier molecular flexibility index (Phi) is 3.48. The molecule has 0 saturated carbocycles. The van der Waals surface area contributed by atoms with Gasteiger partial charge in [0.05, 0.1) is 12.2 Å². The predicted molar refractivity (Wildman–Crippen MR) is 69.7 cm³/mol. The van der Waals surface area contributed by atoms with Crippen LogP contribution in [0.25, 0.3) is 17.0 Å². The lowest BCUT2D eigenvalue weighted by atomic mass is 10.1. The lowest BCUT2D eigenvalue weighted by Crippen LogP contribution is -2.05. The first-order chi connectivity index (χ1) is 9.01. The van der Waals surface area contributed by atoms with Crippen LogP contribution in [-0.4, -0.2) is 16.2 Å². The zero-order chi connectivity index (χ0) is 14.0. The predicted octanol–water partition coefficient (Wildman–Crippen LogP) is 1.77. The van der Waals surface area contributed by atoms with Gasteiger partial charge in [0.1, 0.15) is 5.58 Å². The first-order valence-corrected chi connectivity index (χ1v) is 5.60. The van der Waals surface area contributed by atoms with Gasteiger partial charge in [-0.1, -0.05) is 6.07 Å². The maximum absolute atomic E-state index is 11.7. The van der Waals surface area contributed by atoms with Crippen LogP contribution in [0.15, 0.2) is 39.1 Å². The van der Waals surface area contributed by atoms with Crippen LogP contribution in [0.2, 0.25) is 0 Å². The Balaban J connectivity index is 2.63. The van der Waals surface area contributed by atoms with E-state index in [4.69, 9.17) is 14.6 Å². The summed E-state index contributed by atoms with van der Waals surface area (Å²) in [6.07, 6.45) is 1.26. The second-order valence-electron chi connectivity index (χ2n) is 4.15. The lowest BCUT2D eigenvalue weighted by Gasteiger charge is -2.01. The molecule has 2 aromatic rings. The number of carbonyl (C=O) groups is 1.